The van der Waals surface area contributed by atoms with Crippen molar-refractivity contribution in [2.24, 2.45) is 0 Å². The van der Waals surface area contributed by atoms with Crippen LogP contribution in [0.5, 0.6) is 0 Å². The van der Waals surface area contributed by atoms with Crippen molar-refractivity contribution in [1.82, 2.24) is 4.98 Å². The fourth-order valence-corrected chi connectivity index (χ4v) is 8.39. The average Bonchev–Trinajstić information content (AvgIpc) is 3.62. The molecule has 9 rings (SSSR count). The SMILES string of the molecule is CC1(C)c2cc3ccc(N(c4ccccc4)c4ccccc4)cc3cc2-c2ccc3c(ccc4nc(-c5ccccc5)sc43)c21. The lowest BCUT2D eigenvalue weighted by atomic mass is 9.80. The molecule has 0 saturated carbocycles. The lowest BCUT2D eigenvalue weighted by Crippen LogP contribution is -2.15. The van der Waals surface area contributed by atoms with E-state index in [4.69, 9.17) is 4.98 Å². The van der Waals surface area contributed by atoms with Gasteiger partial charge in [0.1, 0.15) is 5.01 Å². The van der Waals surface area contributed by atoms with E-state index in [1.54, 1.807) is 11.3 Å². The van der Waals surface area contributed by atoms with Gasteiger partial charge in [0.25, 0.3) is 0 Å². The highest BCUT2D eigenvalue weighted by Gasteiger charge is 2.37. The Morgan fingerprint density at radius 3 is 1.93 bits per heavy atom. The lowest BCUT2D eigenvalue weighted by Gasteiger charge is -2.26. The summed E-state index contributed by atoms with van der Waals surface area (Å²) in [6, 6.07) is 52.7. The number of para-hydroxylation sites is 2. The topological polar surface area (TPSA) is 16.1 Å². The molecule has 1 aromatic heterocycles. The number of anilines is 3. The number of nitrogens with zero attached hydrogens (tertiary/aromatic N) is 2. The fourth-order valence-electron chi connectivity index (χ4n) is 7.29. The molecule has 0 saturated heterocycles. The number of hydrogen-bond acceptors (Lipinski definition) is 3. The van der Waals surface area contributed by atoms with Gasteiger partial charge in [0.05, 0.1) is 10.2 Å². The van der Waals surface area contributed by atoms with Crippen LogP contribution < -0.4 is 4.90 Å². The van der Waals surface area contributed by atoms with Crippen molar-refractivity contribution in [3.63, 3.8) is 0 Å². The Balaban J connectivity index is 1.21. The molecular weight excluding hydrogens is 565 g/mol. The summed E-state index contributed by atoms with van der Waals surface area (Å²) < 4.78 is 1.26. The average molecular weight is 595 g/mol. The molecule has 1 aliphatic rings. The van der Waals surface area contributed by atoms with E-state index in [-0.39, 0.29) is 5.41 Å². The Labute approximate surface area is 266 Å². The highest BCUT2D eigenvalue weighted by molar-refractivity contribution is 7.22. The van der Waals surface area contributed by atoms with E-state index in [0.717, 1.165) is 27.6 Å². The molecule has 0 unspecified atom stereocenters. The van der Waals surface area contributed by atoms with Gasteiger partial charge in [-0.25, -0.2) is 4.98 Å². The zero-order valence-corrected chi connectivity index (χ0v) is 26.0. The Hall–Kier alpha value is -5.25. The first-order chi connectivity index (χ1) is 22.1. The Morgan fingerprint density at radius 1 is 0.556 bits per heavy atom. The Morgan fingerprint density at radius 2 is 1.22 bits per heavy atom. The molecule has 214 valence electrons. The van der Waals surface area contributed by atoms with Gasteiger partial charge in [-0.3, -0.25) is 0 Å². The van der Waals surface area contributed by atoms with Crippen LogP contribution in [0.4, 0.5) is 17.1 Å². The van der Waals surface area contributed by atoms with Gasteiger partial charge in [0.2, 0.25) is 0 Å². The summed E-state index contributed by atoms with van der Waals surface area (Å²) in [6.45, 7) is 4.77. The molecule has 0 atom stereocenters. The molecule has 0 aliphatic heterocycles. The first-order valence-electron chi connectivity index (χ1n) is 15.5. The van der Waals surface area contributed by atoms with Crippen LogP contribution in [-0.2, 0) is 5.41 Å². The van der Waals surface area contributed by atoms with Crippen LogP contribution in [0, 0.1) is 0 Å². The third-order valence-electron chi connectivity index (χ3n) is 9.41. The molecular formula is C42H30N2S. The van der Waals surface area contributed by atoms with Gasteiger partial charge in [-0.1, -0.05) is 105 Å². The van der Waals surface area contributed by atoms with Crippen LogP contribution in [0.25, 0.3) is 53.5 Å². The highest BCUT2D eigenvalue weighted by Crippen LogP contribution is 2.53. The molecule has 8 aromatic rings. The number of fused-ring (bicyclic) bond motifs is 8. The smallest absolute Gasteiger partial charge is 0.124 e. The third-order valence-corrected chi connectivity index (χ3v) is 10.6. The van der Waals surface area contributed by atoms with Gasteiger partial charge in [-0.15, -0.1) is 11.3 Å². The van der Waals surface area contributed by atoms with Crippen molar-refractivity contribution in [3.05, 3.63) is 157 Å². The van der Waals surface area contributed by atoms with Gasteiger partial charge in [-0.2, -0.15) is 0 Å². The Bertz CT molecular complexity index is 2350. The monoisotopic (exact) mass is 594 g/mol. The Kier molecular flexibility index (Phi) is 5.75. The summed E-state index contributed by atoms with van der Waals surface area (Å²) in [6.07, 6.45) is 0. The summed E-state index contributed by atoms with van der Waals surface area (Å²) in [7, 11) is 0. The van der Waals surface area contributed by atoms with Crippen LogP contribution in [0.2, 0.25) is 0 Å². The lowest BCUT2D eigenvalue weighted by molar-refractivity contribution is 0.667. The van der Waals surface area contributed by atoms with Gasteiger partial charge in [-0.05, 0) is 93.0 Å². The second-order valence-corrected chi connectivity index (χ2v) is 13.4. The highest BCUT2D eigenvalue weighted by atomic mass is 32.1. The molecule has 1 aliphatic carbocycles. The van der Waals surface area contributed by atoms with Crippen molar-refractivity contribution < 1.29 is 0 Å². The van der Waals surface area contributed by atoms with E-state index in [9.17, 15) is 0 Å². The number of rotatable bonds is 4. The van der Waals surface area contributed by atoms with Crippen molar-refractivity contribution in [1.29, 1.82) is 0 Å². The van der Waals surface area contributed by atoms with E-state index >= 15 is 0 Å². The van der Waals surface area contributed by atoms with Gasteiger partial charge in [0.15, 0.2) is 0 Å². The maximum Gasteiger partial charge on any atom is 0.124 e. The second-order valence-electron chi connectivity index (χ2n) is 12.4. The van der Waals surface area contributed by atoms with Crippen LogP contribution >= 0.6 is 11.3 Å². The van der Waals surface area contributed by atoms with E-state index in [1.165, 1.54) is 54.1 Å². The molecule has 0 spiro atoms. The molecule has 0 fully saturated rings. The van der Waals surface area contributed by atoms with Crippen molar-refractivity contribution >= 4 is 60.2 Å². The zero-order chi connectivity index (χ0) is 30.1. The predicted molar refractivity (Wildman–Crippen MR) is 192 cm³/mol. The van der Waals surface area contributed by atoms with Crippen LogP contribution in [0.15, 0.2) is 146 Å². The fraction of sp³-hybridized carbons (Fsp3) is 0.0714. The second kappa shape index (κ2) is 9.88. The molecule has 45 heavy (non-hydrogen) atoms. The molecule has 2 nitrogen and oxygen atoms in total. The first kappa shape index (κ1) is 26.2. The van der Waals surface area contributed by atoms with Crippen molar-refractivity contribution in [2.75, 3.05) is 4.90 Å². The summed E-state index contributed by atoms with van der Waals surface area (Å²) in [5.74, 6) is 0. The molecule has 0 amide bonds. The summed E-state index contributed by atoms with van der Waals surface area (Å²) in [4.78, 5) is 7.36. The molecule has 7 aromatic carbocycles. The molecule has 0 radical (unpaired) electrons. The standard InChI is InChI=1S/C42H30N2S/c1-42(2)37-26-28-18-19-32(44(30-14-8-4-9-15-30)31-16-10-5-11-17-31)24-29(28)25-36(37)34-20-21-35-33(39(34)42)22-23-38-40(35)45-41(43-38)27-12-6-3-7-13-27/h3-26H,1-2H3. The number of benzene rings is 7. The minimum absolute atomic E-state index is 0.127. The molecule has 0 bridgehead atoms. The first-order valence-corrected chi connectivity index (χ1v) is 16.3. The minimum atomic E-state index is -0.127. The number of hydrogen-bond donors (Lipinski definition) is 0. The van der Waals surface area contributed by atoms with E-state index in [0.29, 0.717) is 0 Å². The summed E-state index contributed by atoms with van der Waals surface area (Å²) in [5.41, 5.74) is 11.0. The van der Waals surface area contributed by atoms with Gasteiger partial charge in [0, 0.05) is 33.4 Å². The third kappa shape index (κ3) is 4.04. The minimum Gasteiger partial charge on any atom is -0.310 e. The molecule has 3 heteroatoms. The van der Waals surface area contributed by atoms with E-state index in [2.05, 4.69) is 164 Å². The predicted octanol–water partition coefficient (Wildman–Crippen LogP) is 12.0. The van der Waals surface area contributed by atoms with Crippen LogP contribution in [-0.4, -0.2) is 4.98 Å². The summed E-state index contributed by atoms with van der Waals surface area (Å²) >= 11 is 1.80. The van der Waals surface area contributed by atoms with Crippen molar-refractivity contribution in [2.45, 2.75) is 19.3 Å². The zero-order valence-electron chi connectivity index (χ0n) is 25.2. The maximum absolute atomic E-state index is 5.02. The van der Waals surface area contributed by atoms with E-state index in [1.807, 2.05) is 0 Å². The molecule has 0 N–H and O–H groups in total. The summed E-state index contributed by atoms with van der Waals surface area (Å²) in [5, 5.41) is 6.20. The largest absolute Gasteiger partial charge is 0.310 e. The number of aromatic nitrogens is 1. The normalized spacial score (nSPS) is 13.3. The van der Waals surface area contributed by atoms with Gasteiger partial charge >= 0.3 is 0 Å². The molecule has 1 heterocycles. The quantitative estimate of drug-likeness (QED) is 0.201. The van der Waals surface area contributed by atoms with E-state index < -0.39 is 0 Å². The van der Waals surface area contributed by atoms with Crippen LogP contribution in [0.1, 0.15) is 25.0 Å². The van der Waals surface area contributed by atoms with Gasteiger partial charge < -0.3 is 4.90 Å². The van der Waals surface area contributed by atoms with Crippen LogP contribution in [0.3, 0.4) is 0 Å². The number of thiazole rings is 1. The van der Waals surface area contributed by atoms with Crippen molar-refractivity contribution in [3.8, 4) is 21.7 Å². The maximum atomic E-state index is 5.02.